The first-order valence-electron chi connectivity index (χ1n) is 5.78. The molecule has 0 aliphatic carbocycles. The Labute approximate surface area is 125 Å². The van der Waals surface area contributed by atoms with Crippen LogP contribution in [0.15, 0.2) is 22.7 Å². The number of hydrogen-bond donors (Lipinski definition) is 2. The van der Waals surface area contributed by atoms with Crippen molar-refractivity contribution in [3.8, 4) is 0 Å². The SMILES string of the molecule is CC(C)C(=O)N[C@H](Cc1cc(Cl)ccc1Br)C(=O)O. The summed E-state index contributed by atoms with van der Waals surface area (Å²) in [7, 11) is 0. The molecule has 0 spiro atoms. The van der Waals surface area contributed by atoms with Crippen molar-refractivity contribution in [3.05, 3.63) is 33.3 Å². The van der Waals surface area contributed by atoms with E-state index in [0.29, 0.717) is 5.02 Å². The van der Waals surface area contributed by atoms with E-state index in [1.165, 1.54) is 0 Å². The van der Waals surface area contributed by atoms with Gasteiger partial charge in [0.1, 0.15) is 6.04 Å². The number of hydrogen-bond acceptors (Lipinski definition) is 2. The van der Waals surface area contributed by atoms with Gasteiger partial charge in [0.25, 0.3) is 0 Å². The van der Waals surface area contributed by atoms with E-state index < -0.39 is 12.0 Å². The normalized spacial score (nSPS) is 12.3. The third-order valence-corrected chi connectivity index (χ3v) is 3.58. The van der Waals surface area contributed by atoms with Gasteiger partial charge in [0.2, 0.25) is 5.91 Å². The molecule has 0 heterocycles. The predicted molar refractivity (Wildman–Crippen MR) is 77.3 cm³/mol. The van der Waals surface area contributed by atoms with E-state index >= 15 is 0 Å². The van der Waals surface area contributed by atoms with E-state index in [1.807, 2.05) is 0 Å². The lowest BCUT2D eigenvalue weighted by Crippen LogP contribution is -2.44. The Morgan fingerprint density at radius 2 is 2.05 bits per heavy atom. The molecule has 0 bridgehead atoms. The van der Waals surface area contributed by atoms with Crippen molar-refractivity contribution in [1.29, 1.82) is 0 Å². The van der Waals surface area contributed by atoms with Gasteiger partial charge in [-0.15, -0.1) is 0 Å². The van der Waals surface area contributed by atoms with E-state index in [0.717, 1.165) is 10.0 Å². The summed E-state index contributed by atoms with van der Waals surface area (Å²) in [5.74, 6) is -1.61. The minimum atomic E-state index is -1.07. The van der Waals surface area contributed by atoms with Crippen LogP contribution in [0.2, 0.25) is 5.02 Å². The van der Waals surface area contributed by atoms with Crippen molar-refractivity contribution in [2.45, 2.75) is 26.3 Å². The Balaban J connectivity index is 2.87. The third-order valence-electron chi connectivity index (χ3n) is 2.57. The fourth-order valence-electron chi connectivity index (χ4n) is 1.46. The van der Waals surface area contributed by atoms with Crippen LogP contribution < -0.4 is 5.32 Å². The summed E-state index contributed by atoms with van der Waals surface area (Å²) in [5, 5.41) is 12.2. The van der Waals surface area contributed by atoms with Crippen LogP contribution in [0, 0.1) is 5.92 Å². The molecule has 0 saturated carbocycles. The lowest BCUT2D eigenvalue weighted by atomic mass is 10.1. The zero-order valence-electron chi connectivity index (χ0n) is 10.6. The predicted octanol–water partition coefficient (Wildman–Crippen LogP) is 2.87. The summed E-state index contributed by atoms with van der Waals surface area (Å²) in [6.07, 6.45) is 0.176. The van der Waals surface area contributed by atoms with Gasteiger partial charge in [-0.2, -0.15) is 0 Å². The van der Waals surface area contributed by atoms with Crippen molar-refractivity contribution in [2.24, 2.45) is 5.92 Å². The molecule has 0 aliphatic heterocycles. The van der Waals surface area contributed by atoms with Gasteiger partial charge in [-0.3, -0.25) is 4.79 Å². The average molecular weight is 349 g/mol. The fourth-order valence-corrected chi connectivity index (χ4v) is 2.06. The lowest BCUT2D eigenvalue weighted by molar-refractivity contribution is -0.142. The Hall–Kier alpha value is -1.07. The van der Waals surface area contributed by atoms with E-state index in [2.05, 4.69) is 21.2 Å². The van der Waals surface area contributed by atoms with Gasteiger partial charge in [0, 0.05) is 21.8 Å². The number of halogens is 2. The zero-order valence-corrected chi connectivity index (χ0v) is 13.0. The second-order valence-electron chi connectivity index (χ2n) is 4.49. The topological polar surface area (TPSA) is 66.4 Å². The quantitative estimate of drug-likeness (QED) is 0.860. The number of rotatable bonds is 5. The first-order chi connectivity index (χ1) is 8.81. The largest absolute Gasteiger partial charge is 0.480 e. The van der Waals surface area contributed by atoms with Gasteiger partial charge in [-0.25, -0.2) is 4.79 Å². The monoisotopic (exact) mass is 347 g/mol. The second kappa shape index (κ2) is 6.91. The maximum Gasteiger partial charge on any atom is 0.326 e. The average Bonchev–Trinajstić information content (AvgIpc) is 2.32. The van der Waals surface area contributed by atoms with Crippen LogP contribution in [-0.4, -0.2) is 23.0 Å². The molecular formula is C13H15BrClNO3. The molecule has 0 unspecified atom stereocenters. The van der Waals surface area contributed by atoms with Crippen molar-refractivity contribution in [1.82, 2.24) is 5.32 Å². The summed E-state index contributed by atoms with van der Waals surface area (Å²) >= 11 is 9.22. The van der Waals surface area contributed by atoms with E-state index in [9.17, 15) is 9.59 Å². The number of carbonyl (C=O) groups is 2. The van der Waals surface area contributed by atoms with Crippen molar-refractivity contribution in [3.63, 3.8) is 0 Å². The molecule has 4 nitrogen and oxygen atoms in total. The number of aliphatic carboxylic acids is 1. The Morgan fingerprint density at radius 1 is 1.42 bits per heavy atom. The standard InChI is InChI=1S/C13H15BrClNO3/c1-7(2)12(17)16-11(13(18)19)6-8-5-9(15)3-4-10(8)14/h3-5,7,11H,6H2,1-2H3,(H,16,17)(H,18,19)/t11-/m1/s1. The highest BCUT2D eigenvalue weighted by Crippen LogP contribution is 2.22. The van der Waals surface area contributed by atoms with Crippen molar-refractivity contribution in [2.75, 3.05) is 0 Å². The van der Waals surface area contributed by atoms with Crippen LogP contribution in [0.5, 0.6) is 0 Å². The van der Waals surface area contributed by atoms with Gasteiger partial charge in [-0.1, -0.05) is 41.4 Å². The molecular weight excluding hydrogens is 334 g/mol. The lowest BCUT2D eigenvalue weighted by Gasteiger charge is -2.17. The van der Waals surface area contributed by atoms with Crippen LogP contribution in [0.25, 0.3) is 0 Å². The number of carboxylic acids is 1. The van der Waals surface area contributed by atoms with E-state index in [4.69, 9.17) is 16.7 Å². The minimum Gasteiger partial charge on any atom is -0.480 e. The van der Waals surface area contributed by atoms with Crippen LogP contribution in [0.3, 0.4) is 0 Å². The van der Waals surface area contributed by atoms with Crippen LogP contribution >= 0.6 is 27.5 Å². The van der Waals surface area contributed by atoms with Gasteiger partial charge in [0.05, 0.1) is 0 Å². The molecule has 1 rings (SSSR count). The molecule has 0 fully saturated rings. The highest BCUT2D eigenvalue weighted by Gasteiger charge is 2.22. The van der Waals surface area contributed by atoms with Crippen LogP contribution in [0.1, 0.15) is 19.4 Å². The highest BCUT2D eigenvalue weighted by molar-refractivity contribution is 9.10. The molecule has 104 valence electrons. The summed E-state index contributed by atoms with van der Waals surface area (Å²) in [6.45, 7) is 3.42. The number of nitrogens with one attached hydrogen (secondary N) is 1. The summed E-state index contributed by atoms with van der Waals surface area (Å²) in [4.78, 5) is 22.8. The number of amides is 1. The Morgan fingerprint density at radius 3 is 2.58 bits per heavy atom. The first-order valence-corrected chi connectivity index (χ1v) is 6.95. The van der Waals surface area contributed by atoms with Crippen LogP contribution in [0.4, 0.5) is 0 Å². The fraction of sp³-hybridized carbons (Fsp3) is 0.385. The van der Waals surface area contributed by atoms with Gasteiger partial charge in [-0.05, 0) is 23.8 Å². The molecule has 19 heavy (non-hydrogen) atoms. The number of benzene rings is 1. The second-order valence-corrected chi connectivity index (χ2v) is 5.78. The molecule has 0 radical (unpaired) electrons. The molecule has 1 atom stereocenters. The summed E-state index contributed by atoms with van der Waals surface area (Å²) in [6, 6.07) is 4.17. The highest BCUT2D eigenvalue weighted by atomic mass is 79.9. The smallest absolute Gasteiger partial charge is 0.326 e. The van der Waals surface area contributed by atoms with Gasteiger partial charge >= 0.3 is 5.97 Å². The summed E-state index contributed by atoms with van der Waals surface area (Å²) in [5.41, 5.74) is 0.740. The third kappa shape index (κ3) is 4.84. The Bertz CT molecular complexity index is 491. The maximum absolute atomic E-state index is 11.6. The van der Waals surface area contributed by atoms with E-state index in [1.54, 1.807) is 32.0 Å². The van der Waals surface area contributed by atoms with Gasteiger partial charge < -0.3 is 10.4 Å². The van der Waals surface area contributed by atoms with Crippen LogP contribution in [-0.2, 0) is 16.0 Å². The zero-order chi connectivity index (χ0) is 14.6. The van der Waals surface area contributed by atoms with E-state index in [-0.39, 0.29) is 18.2 Å². The summed E-state index contributed by atoms with van der Waals surface area (Å²) < 4.78 is 0.766. The Kier molecular flexibility index (Phi) is 5.82. The molecule has 0 aliphatic rings. The number of carboxylic acid groups (broad SMARTS) is 1. The molecule has 2 N–H and O–H groups in total. The molecule has 0 saturated heterocycles. The minimum absolute atomic E-state index is 0.176. The molecule has 1 amide bonds. The van der Waals surface area contributed by atoms with Crippen molar-refractivity contribution >= 4 is 39.4 Å². The number of carbonyl (C=O) groups excluding carboxylic acids is 1. The molecule has 1 aromatic rings. The van der Waals surface area contributed by atoms with Crippen molar-refractivity contribution < 1.29 is 14.7 Å². The first kappa shape index (κ1) is 16.0. The van der Waals surface area contributed by atoms with Gasteiger partial charge in [0.15, 0.2) is 0 Å². The molecule has 0 aromatic heterocycles. The molecule has 6 heteroatoms. The molecule has 1 aromatic carbocycles. The maximum atomic E-state index is 11.6.